The Labute approximate surface area is 115 Å². The molecule has 0 radical (unpaired) electrons. The highest BCUT2D eigenvalue weighted by atomic mass is 32.2. The lowest BCUT2D eigenvalue weighted by atomic mass is 9.96. The number of carbonyl (C=O) groups is 1. The van der Waals surface area contributed by atoms with Crippen molar-refractivity contribution in [2.24, 2.45) is 5.92 Å². The molecule has 0 aliphatic heterocycles. The summed E-state index contributed by atoms with van der Waals surface area (Å²) in [6.45, 7) is 8.42. The third kappa shape index (κ3) is 6.07. The molecule has 18 heavy (non-hydrogen) atoms. The Bertz CT molecular complexity index is 250. The predicted molar refractivity (Wildman–Crippen MR) is 76.9 cm³/mol. The zero-order valence-electron chi connectivity index (χ0n) is 12.2. The van der Waals surface area contributed by atoms with E-state index in [0.29, 0.717) is 24.2 Å². The van der Waals surface area contributed by atoms with Gasteiger partial charge in [-0.05, 0) is 39.0 Å². The summed E-state index contributed by atoms with van der Waals surface area (Å²) in [7, 11) is 1.78. The predicted octanol–water partition coefficient (Wildman–Crippen LogP) is 1.67. The summed E-state index contributed by atoms with van der Waals surface area (Å²) in [6.07, 6.45) is 0.713. The molecule has 0 spiro atoms. The molecule has 0 aliphatic carbocycles. The maximum atomic E-state index is 11.9. The van der Waals surface area contributed by atoms with E-state index in [4.69, 9.17) is 9.84 Å². The molecule has 0 fully saturated rings. The van der Waals surface area contributed by atoms with Gasteiger partial charge in [0, 0.05) is 11.9 Å². The molecule has 2 N–H and O–H groups in total. The molecule has 108 valence electrons. The Kier molecular flexibility index (Phi) is 8.65. The number of nitrogens with one attached hydrogen (secondary N) is 1. The van der Waals surface area contributed by atoms with E-state index in [1.54, 1.807) is 18.8 Å². The average Bonchev–Trinajstić information content (AvgIpc) is 2.35. The summed E-state index contributed by atoms with van der Waals surface area (Å²) >= 11 is 1.78. The number of hydrogen-bond acceptors (Lipinski definition) is 5. The zero-order valence-corrected chi connectivity index (χ0v) is 13.0. The van der Waals surface area contributed by atoms with Crippen molar-refractivity contribution in [3.8, 4) is 0 Å². The van der Waals surface area contributed by atoms with Crippen LogP contribution in [0.5, 0.6) is 0 Å². The van der Waals surface area contributed by atoms with Crippen LogP contribution in [0.25, 0.3) is 0 Å². The number of esters is 1. The van der Waals surface area contributed by atoms with E-state index in [-0.39, 0.29) is 12.6 Å². The normalized spacial score (nSPS) is 17.9. The number of hydrogen-bond donors (Lipinski definition) is 2. The van der Waals surface area contributed by atoms with Crippen LogP contribution in [0.1, 0.15) is 34.1 Å². The van der Waals surface area contributed by atoms with Gasteiger partial charge < -0.3 is 15.2 Å². The topological polar surface area (TPSA) is 58.6 Å². The smallest absolute Gasteiger partial charge is 0.326 e. The number of aliphatic hydroxyl groups is 1. The molecule has 0 bridgehead atoms. The van der Waals surface area contributed by atoms with Crippen molar-refractivity contribution in [2.75, 3.05) is 26.0 Å². The molecule has 0 aromatic heterocycles. The maximum Gasteiger partial charge on any atom is 0.326 e. The lowest BCUT2D eigenvalue weighted by Crippen LogP contribution is -2.50. The van der Waals surface area contributed by atoms with Gasteiger partial charge in [-0.2, -0.15) is 11.8 Å². The van der Waals surface area contributed by atoms with E-state index < -0.39 is 5.54 Å². The molecule has 3 atom stereocenters. The summed E-state index contributed by atoms with van der Waals surface area (Å²) in [5.41, 5.74) is -0.634. The van der Waals surface area contributed by atoms with Crippen molar-refractivity contribution >= 4 is 17.7 Å². The van der Waals surface area contributed by atoms with E-state index in [2.05, 4.69) is 12.2 Å². The Morgan fingerprint density at radius 1 is 1.50 bits per heavy atom. The van der Waals surface area contributed by atoms with E-state index in [0.717, 1.165) is 5.75 Å². The molecular formula is C13H27NO3S. The number of aliphatic hydroxyl groups excluding tert-OH is 1. The second-order valence-corrected chi connectivity index (χ2v) is 6.41. The highest BCUT2D eigenvalue weighted by Gasteiger charge is 2.34. The fraction of sp³-hybridized carbons (Fsp3) is 0.923. The molecule has 0 aromatic carbocycles. The number of carbonyl (C=O) groups excluding carboxylic acids is 1. The highest BCUT2D eigenvalue weighted by Crippen LogP contribution is 2.24. The summed E-state index contributed by atoms with van der Waals surface area (Å²) in [4.78, 5) is 11.9. The van der Waals surface area contributed by atoms with Crippen LogP contribution in [0, 0.1) is 5.92 Å². The first-order valence-electron chi connectivity index (χ1n) is 6.48. The average molecular weight is 277 g/mol. The third-order valence-corrected chi connectivity index (χ3v) is 4.45. The van der Waals surface area contributed by atoms with Gasteiger partial charge >= 0.3 is 5.97 Å². The van der Waals surface area contributed by atoms with Crippen molar-refractivity contribution in [1.29, 1.82) is 0 Å². The largest absolute Gasteiger partial charge is 0.465 e. The van der Waals surface area contributed by atoms with Crippen molar-refractivity contribution in [1.82, 2.24) is 5.32 Å². The van der Waals surface area contributed by atoms with Gasteiger partial charge in [0.05, 0.1) is 6.61 Å². The number of ether oxygens (including phenoxy) is 1. The molecule has 0 amide bonds. The van der Waals surface area contributed by atoms with Gasteiger partial charge in [0.1, 0.15) is 5.54 Å². The van der Waals surface area contributed by atoms with Gasteiger partial charge in [0.25, 0.3) is 0 Å². The van der Waals surface area contributed by atoms with Crippen LogP contribution in [-0.4, -0.2) is 47.9 Å². The standard InChI is InChI=1S/C13H27NO3S/c1-6-17-12(16)13(4,14-5)7-11(3)18-9-10(2)8-15/h10-11,14-15H,6-9H2,1-5H3. The molecule has 0 aromatic rings. The van der Waals surface area contributed by atoms with Crippen LogP contribution in [-0.2, 0) is 9.53 Å². The lowest BCUT2D eigenvalue weighted by molar-refractivity contribution is -0.150. The molecule has 0 rings (SSSR count). The minimum Gasteiger partial charge on any atom is -0.465 e. The quantitative estimate of drug-likeness (QED) is 0.628. The molecule has 0 saturated heterocycles. The van der Waals surface area contributed by atoms with Crippen molar-refractivity contribution in [2.45, 2.75) is 44.9 Å². The molecule has 0 saturated carbocycles. The van der Waals surface area contributed by atoms with Crippen LogP contribution in [0.15, 0.2) is 0 Å². The summed E-state index contributed by atoms with van der Waals surface area (Å²) in [6, 6.07) is 0. The molecular weight excluding hydrogens is 250 g/mol. The summed E-state index contributed by atoms with van der Waals surface area (Å²) < 4.78 is 5.09. The van der Waals surface area contributed by atoms with Crippen LogP contribution >= 0.6 is 11.8 Å². The van der Waals surface area contributed by atoms with Gasteiger partial charge in [0.15, 0.2) is 0 Å². The van der Waals surface area contributed by atoms with Crippen molar-refractivity contribution in [3.63, 3.8) is 0 Å². The minimum atomic E-state index is -0.634. The van der Waals surface area contributed by atoms with Crippen LogP contribution in [0.4, 0.5) is 0 Å². The van der Waals surface area contributed by atoms with Crippen LogP contribution in [0.2, 0.25) is 0 Å². The molecule has 5 heteroatoms. The Morgan fingerprint density at radius 2 is 2.11 bits per heavy atom. The Hall–Kier alpha value is -0.260. The fourth-order valence-electron chi connectivity index (χ4n) is 1.59. The first-order chi connectivity index (χ1) is 8.39. The van der Waals surface area contributed by atoms with E-state index in [1.165, 1.54) is 0 Å². The van der Waals surface area contributed by atoms with Crippen LogP contribution < -0.4 is 5.32 Å². The Morgan fingerprint density at radius 3 is 2.56 bits per heavy atom. The van der Waals surface area contributed by atoms with E-state index in [9.17, 15) is 4.79 Å². The number of rotatable bonds is 9. The first kappa shape index (κ1) is 17.7. The van der Waals surface area contributed by atoms with Crippen molar-refractivity contribution in [3.05, 3.63) is 0 Å². The number of likely N-dealkylation sites (N-methyl/N-ethyl adjacent to an activating group) is 1. The second-order valence-electron chi connectivity index (χ2n) is 4.94. The lowest BCUT2D eigenvalue weighted by Gasteiger charge is -2.29. The molecule has 3 unspecified atom stereocenters. The summed E-state index contributed by atoms with van der Waals surface area (Å²) in [5, 5.41) is 12.4. The Balaban J connectivity index is 4.29. The minimum absolute atomic E-state index is 0.199. The van der Waals surface area contributed by atoms with E-state index >= 15 is 0 Å². The number of thioether (sulfide) groups is 1. The second kappa shape index (κ2) is 8.77. The monoisotopic (exact) mass is 277 g/mol. The molecule has 0 aliphatic rings. The first-order valence-corrected chi connectivity index (χ1v) is 7.53. The fourth-order valence-corrected chi connectivity index (χ4v) is 2.81. The van der Waals surface area contributed by atoms with Gasteiger partial charge in [-0.25, -0.2) is 0 Å². The SMILES string of the molecule is CCOC(=O)C(C)(CC(C)SCC(C)CO)NC. The van der Waals surface area contributed by atoms with Crippen LogP contribution in [0.3, 0.4) is 0 Å². The molecule has 0 heterocycles. The van der Waals surface area contributed by atoms with Gasteiger partial charge in [-0.3, -0.25) is 4.79 Å². The van der Waals surface area contributed by atoms with Crippen molar-refractivity contribution < 1.29 is 14.6 Å². The van der Waals surface area contributed by atoms with E-state index in [1.807, 2.05) is 20.8 Å². The highest BCUT2D eigenvalue weighted by molar-refractivity contribution is 7.99. The summed E-state index contributed by atoms with van der Waals surface area (Å²) in [5.74, 6) is 0.997. The molecule has 4 nitrogen and oxygen atoms in total. The van der Waals surface area contributed by atoms with Gasteiger partial charge in [-0.1, -0.05) is 13.8 Å². The maximum absolute atomic E-state index is 11.9. The van der Waals surface area contributed by atoms with Gasteiger partial charge in [-0.15, -0.1) is 0 Å². The zero-order chi connectivity index (χ0) is 14.2. The third-order valence-electron chi connectivity index (χ3n) is 2.95. The van der Waals surface area contributed by atoms with Gasteiger partial charge in [0.2, 0.25) is 0 Å².